The highest BCUT2D eigenvalue weighted by atomic mass is 19.4. The van der Waals surface area contributed by atoms with Gasteiger partial charge in [-0.05, 0) is 6.42 Å². The summed E-state index contributed by atoms with van der Waals surface area (Å²) < 4.78 is 78.7. The number of hydrogen-bond donors (Lipinski definition) is 0. The molecule has 0 saturated heterocycles. The smallest absolute Gasteiger partial charge is 0.434 e. The van der Waals surface area contributed by atoms with Gasteiger partial charge in [0.15, 0.2) is 0 Å². The lowest BCUT2D eigenvalue weighted by molar-refractivity contribution is -0.310. The molecule has 0 bridgehead atoms. The molecular weight excluding hydrogens is 258 g/mol. The highest BCUT2D eigenvalue weighted by molar-refractivity contribution is 5.60. The summed E-state index contributed by atoms with van der Waals surface area (Å²) in [5.74, 6) is 0. The van der Waals surface area contributed by atoms with Crippen LogP contribution in [0.4, 0.5) is 31.1 Å². The van der Waals surface area contributed by atoms with Crippen molar-refractivity contribution in [3.63, 3.8) is 0 Å². The quantitative estimate of drug-likeness (QED) is 0.445. The highest BCUT2D eigenvalue weighted by Gasteiger charge is 2.60. The van der Waals surface area contributed by atoms with Gasteiger partial charge in [0.1, 0.15) is 0 Å². The Morgan fingerprint density at radius 2 is 1.59 bits per heavy atom. The van der Waals surface area contributed by atoms with Gasteiger partial charge in [-0.1, -0.05) is 13.3 Å². The van der Waals surface area contributed by atoms with Gasteiger partial charge < -0.3 is 9.47 Å². The molecule has 0 heterocycles. The third kappa shape index (κ3) is 6.22. The lowest BCUT2D eigenvalue weighted by atomic mass is 10.3. The van der Waals surface area contributed by atoms with Crippen molar-refractivity contribution >= 4 is 6.16 Å². The maximum atomic E-state index is 11.9. The second-order valence-corrected chi connectivity index (χ2v) is 3.03. The number of unbranched alkanes of at least 4 members (excludes halogenated alkanes) is 1. The van der Waals surface area contributed by atoms with Crippen LogP contribution in [0.15, 0.2) is 0 Å². The van der Waals surface area contributed by atoms with Gasteiger partial charge in [0.05, 0.1) is 6.61 Å². The third-order valence-electron chi connectivity index (χ3n) is 1.53. The van der Waals surface area contributed by atoms with Crippen molar-refractivity contribution in [3.05, 3.63) is 0 Å². The zero-order valence-corrected chi connectivity index (χ0v) is 8.69. The number of carbonyl (C=O) groups is 1. The summed E-state index contributed by atoms with van der Waals surface area (Å²) >= 11 is 0. The molecule has 0 aliphatic rings. The Morgan fingerprint density at radius 3 is 1.94 bits per heavy atom. The van der Waals surface area contributed by atoms with Crippen LogP contribution in [0.3, 0.4) is 0 Å². The summed E-state index contributed by atoms with van der Waals surface area (Å²) in [7, 11) is 0. The lowest BCUT2D eigenvalue weighted by Crippen LogP contribution is -2.45. The molecule has 9 heteroatoms. The highest BCUT2D eigenvalue weighted by Crippen LogP contribution is 2.35. The van der Waals surface area contributed by atoms with Gasteiger partial charge in [-0.25, -0.2) is 4.79 Å². The first-order valence-electron chi connectivity index (χ1n) is 4.56. The minimum Gasteiger partial charge on any atom is -0.434 e. The van der Waals surface area contributed by atoms with Crippen LogP contribution in [0.1, 0.15) is 19.8 Å². The Balaban J connectivity index is 4.41. The maximum Gasteiger partial charge on any atom is 0.509 e. The molecule has 0 unspecified atom stereocenters. The van der Waals surface area contributed by atoms with Crippen LogP contribution in [0, 0.1) is 0 Å². The number of hydrogen-bond acceptors (Lipinski definition) is 3. The second-order valence-electron chi connectivity index (χ2n) is 3.03. The SMILES string of the molecule is CCCCOC(=O)OC(C(F)(F)F)C(F)(F)F. The van der Waals surface area contributed by atoms with Crippen LogP contribution in [-0.4, -0.2) is 31.2 Å². The summed E-state index contributed by atoms with van der Waals surface area (Å²) in [4.78, 5) is 10.6. The van der Waals surface area contributed by atoms with Crippen LogP contribution in [-0.2, 0) is 9.47 Å². The van der Waals surface area contributed by atoms with Crippen LogP contribution < -0.4 is 0 Å². The van der Waals surface area contributed by atoms with E-state index in [1.807, 2.05) is 0 Å². The summed E-state index contributed by atoms with van der Waals surface area (Å²) in [5.41, 5.74) is 0. The predicted octanol–water partition coefficient (Wildman–Crippen LogP) is 3.43. The Bertz CT molecular complexity index is 233. The first kappa shape index (κ1) is 15.9. The first-order chi connectivity index (χ1) is 7.59. The minimum absolute atomic E-state index is 0.294. The molecule has 0 saturated carbocycles. The van der Waals surface area contributed by atoms with E-state index < -0.39 is 24.6 Å². The Labute approximate surface area is 92.7 Å². The van der Waals surface area contributed by atoms with Crippen LogP contribution in [0.5, 0.6) is 0 Å². The summed E-state index contributed by atoms with van der Waals surface area (Å²) in [5, 5.41) is 0. The molecule has 0 aromatic carbocycles. The van der Waals surface area contributed by atoms with Crippen molar-refractivity contribution in [1.82, 2.24) is 0 Å². The molecule has 0 aliphatic heterocycles. The van der Waals surface area contributed by atoms with Crippen LogP contribution in [0.25, 0.3) is 0 Å². The topological polar surface area (TPSA) is 35.5 Å². The van der Waals surface area contributed by atoms with Gasteiger partial charge in [-0.15, -0.1) is 0 Å². The van der Waals surface area contributed by atoms with Gasteiger partial charge in [-0.3, -0.25) is 0 Å². The molecule has 0 atom stereocenters. The number of rotatable bonds is 4. The summed E-state index contributed by atoms with van der Waals surface area (Å²) in [6.07, 6.45) is -16.7. The molecule has 0 aromatic rings. The standard InChI is InChI=1S/C8H10F6O3/c1-2-3-4-16-6(15)17-5(7(9,10)11)8(12,13)14/h5H,2-4H2,1H3. The Hall–Kier alpha value is -1.15. The van der Waals surface area contributed by atoms with Crippen molar-refractivity contribution in [2.75, 3.05) is 6.61 Å². The average Bonchev–Trinajstić information content (AvgIpc) is 2.11. The second kappa shape index (κ2) is 5.97. The molecule has 0 N–H and O–H groups in total. The number of ether oxygens (including phenoxy) is 2. The molecular formula is C8H10F6O3. The molecule has 0 fully saturated rings. The van der Waals surface area contributed by atoms with Gasteiger partial charge >= 0.3 is 18.5 Å². The molecule has 0 aliphatic carbocycles. The van der Waals surface area contributed by atoms with Crippen molar-refractivity contribution in [2.45, 2.75) is 38.2 Å². The molecule has 102 valence electrons. The normalized spacial score (nSPS) is 12.7. The Kier molecular flexibility index (Phi) is 5.56. The third-order valence-corrected chi connectivity index (χ3v) is 1.53. The van der Waals surface area contributed by atoms with Gasteiger partial charge in [0.25, 0.3) is 6.10 Å². The van der Waals surface area contributed by atoms with Crippen LogP contribution in [0.2, 0.25) is 0 Å². The fourth-order valence-corrected chi connectivity index (χ4v) is 0.749. The van der Waals surface area contributed by atoms with E-state index >= 15 is 0 Å². The van der Waals surface area contributed by atoms with Crippen molar-refractivity contribution in [2.24, 2.45) is 0 Å². The maximum absolute atomic E-state index is 11.9. The van der Waals surface area contributed by atoms with E-state index in [1.54, 1.807) is 6.92 Å². The lowest BCUT2D eigenvalue weighted by Gasteiger charge is -2.22. The molecule has 0 spiro atoms. The molecule has 0 amide bonds. The number of alkyl halides is 6. The van der Waals surface area contributed by atoms with E-state index in [9.17, 15) is 31.1 Å². The fraction of sp³-hybridized carbons (Fsp3) is 0.875. The van der Waals surface area contributed by atoms with E-state index in [-0.39, 0.29) is 6.61 Å². The largest absolute Gasteiger partial charge is 0.509 e. The zero-order valence-electron chi connectivity index (χ0n) is 8.69. The molecule has 0 radical (unpaired) electrons. The van der Waals surface area contributed by atoms with Crippen LogP contribution >= 0.6 is 0 Å². The van der Waals surface area contributed by atoms with E-state index in [4.69, 9.17) is 0 Å². The van der Waals surface area contributed by atoms with Gasteiger partial charge in [0.2, 0.25) is 0 Å². The fourth-order valence-electron chi connectivity index (χ4n) is 0.749. The van der Waals surface area contributed by atoms with E-state index in [0.717, 1.165) is 0 Å². The predicted molar refractivity (Wildman–Crippen MR) is 43.2 cm³/mol. The number of carbonyl (C=O) groups excluding carboxylic acids is 1. The zero-order chi connectivity index (χ0) is 13.7. The summed E-state index contributed by atoms with van der Waals surface area (Å²) in [6, 6.07) is 0. The van der Waals surface area contributed by atoms with Gasteiger partial charge in [-0.2, -0.15) is 26.3 Å². The Morgan fingerprint density at radius 1 is 1.12 bits per heavy atom. The van der Waals surface area contributed by atoms with E-state index in [0.29, 0.717) is 12.8 Å². The molecule has 3 nitrogen and oxygen atoms in total. The van der Waals surface area contributed by atoms with Crippen molar-refractivity contribution in [1.29, 1.82) is 0 Å². The molecule has 17 heavy (non-hydrogen) atoms. The monoisotopic (exact) mass is 268 g/mol. The minimum atomic E-state index is -5.72. The van der Waals surface area contributed by atoms with E-state index in [1.165, 1.54) is 0 Å². The number of halogens is 6. The molecule has 0 aromatic heterocycles. The average molecular weight is 268 g/mol. The van der Waals surface area contributed by atoms with Crippen molar-refractivity contribution in [3.8, 4) is 0 Å². The first-order valence-corrected chi connectivity index (χ1v) is 4.56. The molecule has 0 rings (SSSR count). The van der Waals surface area contributed by atoms with Crippen molar-refractivity contribution < 1.29 is 40.6 Å². The summed E-state index contributed by atoms with van der Waals surface area (Å²) in [6.45, 7) is 1.40. The van der Waals surface area contributed by atoms with E-state index in [2.05, 4.69) is 9.47 Å². The van der Waals surface area contributed by atoms with Gasteiger partial charge in [0, 0.05) is 0 Å².